The van der Waals surface area contributed by atoms with Crippen LogP contribution in [0.1, 0.15) is 30.4 Å². The molecule has 0 saturated carbocycles. The fourth-order valence-corrected chi connectivity index (χ4v) is 3.38. The maximum atomic E-state index is 3.60. The maximum absolute atomic E-state index is 3.60. The van der Waals surface area contributed by atoms with Crippen LogP contribution in [0.25, 0.3) is 0 Å². The fourth-order valence-electron chi connectivity index (χ4n) is 3.38. The molecular weight excluding hydrogens is 246 g/mol. The van der Waals surface area contributed by atoms with E-state index in [9.17, 15) is 0 Å². The molecular formula is C17H27N3. The molecule has 0 unspecified atom stereocenters. The predicted octanol–water partition coefficient (Wildman–Crippen LogP) is 2.25. The highest BCUT2D eigenvalue weighted by molar-refractivity contribution is 5.58. The van der Waals surface area contributed by atoms with Crippen LogP contribution in [-0.4, -0.2) is 44.7 Å². The number of nitrogens with one attached hydrogen (secondary N) is 1. The number of rotatable bonds is 5. The lowest BCUT2D eigenvalue weighted by Gasteiger charge is -2.26. The number of nitrogens with zero attached hydrogens (tertiary/aromatic N) is 2. The lowest BCUT2D eigenvalue weighted by Crippen LogP contribution is -2.35. The Bertz CT molecular complexity index is 438. The zero-order valence-electron chi connectivity index (χ0n) is 12.7. The minimum atomic E-state index is 1.00. The van der Waals surface area contributed by atoms with Gasteiger partial charge in [-0.15, -0.1) is 0 Å². The standard InChI is InChI=1S/C17H27N3/c1-19-11-7-16-13-15(5-6-17(16)19)14-18-8-12-20-9-3-2-4-10-20/h5-6,13,18H,2-4,7-12,14H2,1H3. The molecule has 1 fully saturated rings. The minimum absolute atomic E-state index is 1.00. The number of benzene rings is 1. The largest absolute Gasteiger partial charge is 0.374 e. The maximum Gasteiger partial charge on any atom is 0.0397 e. The summed E-state index contributed by atoms with van der Waals surface area (Å²) in [6.45, 7) is 7.08. The molecule has 20 heavy (non-hydrogen) atoms. The average molecular weight is 273 g/mol. The first-order chi connectivity index (χ1) is 9.83. The van der Waals surface area contributed by atoms with Crippen molar-refractivity contribution in [3.8, 4) is 0 Å². The molecule has 0 radical (unpaired) electrons. The van der Waals surface area contributed by atoms with Crippen molar-refractivity contribution in [2.75, 3.05) is 44.7 Å². The fraction of sp³-hybridized carbons (Fsp3) is 0.647. The van der Waals surface area contributed by atoms with Crippen molar-refractivity contribution in [1.29, 1.82) is 0 Å². The van der Waals surface area contributed by atoms with Gasteiger partial charge >= 0.3 is 0 Å². The van der Waals surface area contributed by atoms with Gasteiger partial charge in [0.2, 0.25) is 0 Å². The summed E-state index contributed by atoms with van der Waals surface area (Å²) < 4.78 is 0. The van der Waals surface area contributed by atoms with Gasteiger partial charge in [-0.2, -0.15) is 0 Å². The second-order valence-corrected chi connectivity index (χ2v) is 6.21. The molecule has 2 heterocycles. The van der Waals surface area contributed by atoms with E-state index in [1.807, 2.05) is 0 Å². The molecule has 1 N–H and O–H groups in total. The molecule has 1 aromatic carbocycles. The summed E-state index contributed by atoms with van der Waals surface area (Å²) in [5.41, 5.74) is 4.36. The van der Waals surface area contributed by atoms with E-state index in [1.54, 1.807) is 0 Å². The van der Waals surface area contributed by atoms with Crippen molar-refractivity contribution in [1.82, 2.24) is 10.2 Å². The van der Waals surface area contributed by atoms with E-state index < -0.39 is 0 Å². The third-order valence-corrected chi connectivity index (χ3v) is 4.65. The molecule has 3 rings (SSSR count). The van der Waals surface area contributed by atoms with E-state index in [-0.39, 0.29) is 0 Å². The highest BCUT2D eigenvalue weighted by Crippen LogP contribution is 2.27. The zero-order chi connectivity index (χ0) is 13.8. The van der Waals surface area contributed by atoms with Gasteiger partial charge in [0.25, 0.3) is 0 Å². The van der Waals surface area contributed by atoms with Crippen LogP contribution in [-0.2, 0) is 13.0 Å². The van der Waals surface area contributed by atoms with Crippen LogP contribution in [0.2, 0.25) is 0 Å². The van der Waals surface area contributed by atoms with E-state index in [0.717, 1.165) is 13.1 Å². The molecule has 0 aliphatic carbocycles. The van der Waals surface area contributed by atoms with Gasteiger partial charge in [0.15, 0.2) is 0 Å². The Morgan fingerprint density at radius 3 is 2.80 bits per heavy atom. The first kappa shape index (κ1) is 13.9. The Kier molecular flexibility index (Phi) is 4.58. The Morgan fingerprint density at radius 1 is 1.10 bits per heavy atom. The van der Waals surface area contributed by atoms with Crippen LogP contribution in [0.3, 0.4) is 0 Å². The first-order valence-corrected chi connectivity index (χ1v) is 8.09. The van der Waals surface area contributed by atoms with E-state index in [1.165, 1.54) is 68.7 Å². The number of anilines is 1. The second kappa shape index (κ2) is 6.59. The van der Waals surface area contributed by atoms with Gasteiger partial charge in [-0.25, -0.2) is 0 Å². The van der Waals surface area contributed by atoms with Crippen LogP contribution in [0.5, 0.6) is 0 Å². The van der Waals surface area contributed by atoms with Crippen LogP contribution < -0.4 is 10.2 Å². The van der Waals surface area contributed by atoms with Crippen molar-refractivity contribution in [2.24, 2.45) is 0 Å². The van der Waals surface area contributed by atoms with Crippen LogP contribution in [0, 0.1) is 0 Å². The molecule has 0 spiro atoms. The number of hydrogen-bond acceptors (Lipinski definition) is 3. The molecule has 1 aromatic rings. The summed E-state index contributed by atoms with van der Waals surface area (Å²) >= 11 is 0. The quantitative estimate of drug-likeness (QED) is 0.830. The SMILES string of the molecule is CN1CCc2cc(CNCCN3CCCCC3)ccc21. The van der Waals surface area contributed by atoms with Crippen molar-refractivity contribution in [2.45, 2.75) is 32.2 Å². The normalized spacial score (nSPS) is 19.4. The monoisotopic (exact) mass is 273 g/mol. The zero-order valence-corrected chi connectivity index (χ0v) is 12.7. The number of fused-ring (bicyclic) bond motifs is 1. The molecule has 0 bridgehead atoms. The molecule has 3 heteroatoms. The average Bonchev–Trinajstić information content (AvgIpc) is 2.86. The van der Waals surface area contributed by atoms with Crippen molar-refractivity contribution in [3.63, 3.8) is 0 Å². The number of hydrogen-bond donors (Lipinski definition) is 1. The third kappa shape index (κ3) is 3.33. The lowest BCUT2D eigenvalue weighted by atomic mass is 10.1. The van der Waals surface area contributed by atoms with Gasteiger partial charge in [-0.1, -0.05) is 18.6 Å². The Balaban J connectivity index is 1.42. The highest BCUT2D eigenvalue weighted by Gasteiger charge is 2.15. The lowest BCUT2D eigenvalue weighted by molar-refractivity contribution is 0.229. The van der Waals surface area contributed by atoms with Crippen molar-refractivity contribution < 1.29 is 0 Å². The van der Waals surface area contributed by atoms with Gasteiger partial charge < -0.3 is 15.1 Å². The third-order valence-electron chi connectivity index (χ3n) is 4.65. The summed E-state index contributed by atoms with van der Waals surface area (Å²) in [5, 5.41) is 3.60. The molecule has 0 aromatic heterocycles. The van der Waals surface area contributed by atoms with E-state index in [4.69, 9.17) is 0 Å². The summed E-state index contributed by atoms with van der Waals surface area (Å²) in [6, 6.07) is 6.94. The topological polar surface area (TPSA) is 18.5 Å². The smallest absolute Gasteiger partial charge is 0.0397 e. The second-order valence-electron chi connectivity index (χ2n) is 6.21. The number of likely N-dealkylation sites (tertiary alicyclic amines) is 1. The van der Waals surface area contributed by atoms with Gasteiger partial charge in [0, 0.05) is 38.9 Å². The first-order valence-electron chi connectivity index (χ1n) is 8.09. The van der Waals surface area contributed by atoms with Crippen LogP contribution >= 0.6 is 0 Å². The molecule has 1 saturated heterocycles. The Hall–Kier alpha value is -1.06. The van der Waals surface area contributed by atoms with Crippen molar-refractivity contribution >= 4 is 5.69 Å². The molecule has 2 aliphatic heterocycles. The van der Waals surface area contributed by atoms with Crippen molar-refractivity contribution in [3.05, 3.63) is 29.3 Å². The number of piperidine rings is 1. The van der Waals surface area contributed by atoms with Crippen LogP contribution in [0.4, 0.5) is 5.69 Å². The van der Waals surface area contributed by atoms with Gasteiger partial charge in [0.05, 0.1) is 0 Å². The number of likely N-dealkylation sites (N-methyl/N-ethyl adjacent to an activating group) is 1. The van der Waals surface area contributed by atoms with E-state index >= 15 is 0 Å². The molecule has 110 valence electrons. The molecule has 0 amide bonds. The Labute approximate surface area is 123 Å². The molecule has 0 atom stereocenters. The molecule has 3 nitrogen and oxygen atoms in total. The van der Waals surface area contributed by atoms with E-state index in [0.29, 0.717) is 0 Å². The Morgan fingerprint density at radius 2 is 1.95 bits per heavy atom. The van der Waals surface area contributed by atoms with E-state index in [2.05, 4.69) is 40.4 Å². The summed E-state index contributed by atoms with van der Waals surface area (Å²) in [5.74, 6) is 0. The highest BCUT2D eigenvalue weighted by atomic mass is 15.1. The summed E-state index contributed by atoms with van der Waals surface area (Å²) in [6.07, 6.45) is 5.40. The van der Waals surface area contributed by atoms with Gasteiger partial charge in [-0.05, 0) is 49.5 Å². The van der Waals surface area contributed by atoms with Crippen LogP contribution in [0.15, 0.2) is 18.2 Å². The summed E-state index contributed by atoms with van der Waals surface area (Å²) in [4.78, 5) is 4.94. The van der Waals surface area contributed by atoms with Gasteiger partial charge in [-0.3, -0.25) is 0 Å². The summed E-state index contributed by atoms with van der Waals surface area (Å²) in [7, 11) is 2.18. The predicted molar refractivity (Wildman–Crippen MR) is 85.4 cm³/mol. The molecule has 2 aliphatic rings. The van der Waals surface area contributed by atoms with Gasteiger partial charge in [0.1, 0.15) is 0 Å². The minimum Gasteiger partial charge on any atom is -0.374 e.